The Morgan fingerprint density at radius 2 is 1.68 bits per heavy atom. The Kier molecular flexibility index (Phi) is 11.0. The van der Waals surface area contributed by atoms with Gasteiger partial charge >= 0.3 is 0 Å². The Morgan fingerprint density at radius 1 is 1.05 bits per heavy atom. The Labute approximate surface area is 139 Å². The second-order valence-corrected chi connectivity index (χ2v) is 5.70. The number of likely N-dealkylation sites (tertiary alicyclic amines) is 1. The summed E-state index contributed by atoms with van der Waals surface area (Å²) in [5.41, 5.74) is 0. The van der Waals surface area contributed by atoms with E-state index in [1.807, 2.05) is 0 Å². The predicted octanol–water partition coefficient (Wildman–Crippen LogP) is -0.689. The van der Waals surface area contributed by atoms with Gasteiger partial charge in [0.15, 0.2) is 0 Å². The number of hydrogen-bond acceptors (Lipinski definition) is 2. The molecule has 2 aliphatic rings. The molecule has 19 heavy (non-hydrogen) atoms. The molecule has 0 aromatic rings. The smallest absolute Gasteiger partial charge is 0.0798 e. The van der Waals surface area contributed by atoms with Crippen LogP contribution >= 0.6 is 17.0 Å². The van der Waals surface area contributed by atoms with Gasteiger partial charge in [0, 0.05) is 26.1 Å². The SMILES string of the molecule is Br.CC[N+]1(CCCN2CCOCC2)CCCCC1.[Br-]. The van der Waals surface area contributed by atoms with Crippen LogP contribution in [0.2, 0.25) is 0 Å². The average Bonchev–Trinajstić information content (AvgIpc) is 2.41. The number of nitrogens with zero attached hydrogens (tertiary/aromatic N) is 2. The summed E-state index contributed by atoms with van der Waals surface area (Å²) in [6.07, 6.45) is 5.73. The van der Waals surface area contributed by atoms with Crippen molar-refractivity contribution in [1.82, 2.24) is 4.90 Å². The molecule has 0 unspecified atom stereocenters. The van der Waals surface area contributed by atoms with Gasteiger partial charge < -0.3 is 26.2 Å². The topological polar surface area (TPSA) is 12.5 Å². The first-order valence-corrected chi connectivity index (χ1v) is 7.50. The van der Waals surface area contributed by atoms with Gasteiger partial charge in [0.05, 0.1) is 39.4 Å². The van der Waals surface area contributed by atoms with Gasteiger partial charge in [-0.25, -0.2) is 0 Å². The fourth-order valence-electron chi connectivity index (χ4n) is 3.34. The van der Waals surface area contributed by atoms with Crippen LogP contribution in [0.4, 0.5) is 0 Å². The van der Waals surface area contributed by atoms with Gasteiger partial charge in [0.2, 0.25) is 0 Å². The third-order valence-corrected chi connectivity index (χ3v) is 4.65. The molecule has 116 valence electrons. The highest BCUT2D eigenvalue weighted by Crippen LogP contribution is 2.19. The van der Waals surface area contributed by atoms with Crippen molar-refractivity contribution in [2.45, 2.75) is 32.6 Å². The minimum Gasteiger partial charge on any atom is -1.00 e. The molecular weight excluding hydrogens is 372 g/mol. The Bertz CT molecular complexity index is 217. The van der Waals surface area contributed by atoms with Crippen molar-refractivity contribution < 1.29 is 26.2 Å². The van der Waals surface area contributed by atoms with Crippen LogP contribution in [-0.4, -0.2) is 68.4 Å². The Balaban J connectivity index is 0.00000162. The maximum atomic E-state index is 5.39. The second-order valence-electron chi connectivity index (χ2n) is 5.70. The van der Waals surface area contributed by atoms with Crippen molar-refractivity contribution in [3.63, 3.8) is 0 Å². The normalized spacial score (nSPS) is 23.2. The summed E-state index contributed by atoms with van der Waals surface area (Å²) in [5, 5.41) is 0. The van der Waals surface area contributed by atoms with Crippen LogP contribution in [0, 0.1) is 0 Å². The van der Waals surface area contributed by atoms with Crippen molar-refractivity contribution in [3.05, 3.63) is 0 Å². The maximum Gasteiger partial charge on any atom is 0.0798 e. The van der Waals surface area contributed by atoms with Crippen molar-refractivity contribution in [2.75, 3.05) is 59.0 Å². The quantitative estimate of drug-likeness (QED) is 0.565. The zero-order chi connectivity index (χ0) is 12.0. The molecule has 0 aliphatic carbocycles. The molecule has 3 nitrogen and oxygen atoms in total. The molecule has 0 N–H and O–H groups in total. The summed E-state index contributed by atoms with van der Waals surface area (Å²) >= 11 is 0. The fourth-order valence-corrected chi connectivity index (χ4v) is 3.34. The molecule has 0 amide bonds. The highest BCUT2D eigenvalue weighted by molar-refractivity contribution is 8.93. The van der Waals surface area contributed by atoms with Crippen LogP contribution in [0.5, 0.6) is 0 Å². The van der Waals surface area contributed by atoms with Gasteiger partial charge in [0.25, 0.3) is 0 Å². The molecule has 2 aliphatic heterocycles. The van der Waals surface area contributed by atoms with Crippen LogP contribution < -0.4 is 17.0 Å². The summed E-state index contributed by atoms with van der Waals surface area (Å²) in [6.45, 7) is 13.4. The maximum absolute atomic E-state index is 5.39. The zero-order valence-electron chi connectivity index (χ0n) is 12.3. The molecule has 5 heteroatoms. The standard InChI is InChI=1S/C14H29N2O.2BrH/c1-2-16(10-4-3-5-11-16)12-6-7-15-8-13-17-14-9-15;;/h2-14H2,1H3;2*1H/q+1;;/p-1. The molecule has 0 radical (unpaired) electrons. The zero-order valence-corrected chi connectivity index (χ0v) is 15.6. The number of hydrogen-bond donors (Lipinski definition) is 0. The number of ether oxygens (including phenoxy) is 1. The minimum absolute atomic E-state index is 0. The number of morpholine rings is 1. The lowest BCUT2D eigenvalue weighted by Gasteiger charge is -2.41. The third kappa shape index (κ3) is 6.42. The van der Waals surface area contributed by atoms with E-state index in [1.54, 1.807) is 0 Å². The molecule has 0 aromatic carbocycles. The average molecular weight is 402 g/mol. The van der Waals surface area contributed by atoms with Gasteiger partial charge in [-0.3, -0.25) is 4.90 Å². The van der Waals surface area contributed by atoms with E-state index < -0.39 is 0 Å². The molecule has 0 spiro atoms. The number of halogens is 2. The molecule has 2 heterocycles. The minimum atomic E-state index is 0. The number of quaternary nitrogens is 1. The second kappa shape index (κ2) is 10.6. The molecule has 0 bridgehead atoms. The van der Waals surface area contributed by atoms with E-state index in [-0.39, 0.29) is 34.0 Å². The summed E-state index contributed by atoms with van der Waals surface area (Å²) in [5.74, 6) is 0. The molecule has 2 rings (SSSR count). The first-order valence-electron chi connectivity index (χ1n) is 7.50. The number of piperidine rings is 1. The van der Waals surface area contributed by atoms with Crippen LogP contribution in [0.1, 0.15) is 32.6 Å². The van der Waals surface area contributed by atoms with Crippen LogP contribution in [0.25, 0.3) is 0 Å². The molecule has 2 fully saturated rings. The molecule has 0 saturated carbocycles. The lowest BCUT2D eigenvalue weighted by Crippen LogP contribution is -3.00. The Hall–Kier alpha value is 0.840. The summed E-state index contributed by atoms with van der Waals surface area (Å²) < 4.78 is 6.78. The van der Waals surface area contributed by atoms with E-state index in [0.29, 0.717) is 0 Å². The van der Waals surface area contributed by atoms with Crippen LogP contribution in [-0.2, 0) is 4.74 Å². The van der Waals surface area contributed by atoms with Crippen molar-refractivity contribution in [2.24, 2.45) is 0 Å². The highest BCUT2D eigenvalue weighted by atomic mass is 79.9. The van der Waals surface area contributed by atoms with Crippen LogP contribution in [0.15, 0.2) is 0 Å². The van der Waals surface area contributed by atoms with Gasteiger partial charge in [-0.2, -0.15) is 0 Å². The molecular formula is C14H30Br2N2O. The monoisotopic (exact) mass is 400 g/mol. The van der Waals surface area contributed by atoms with Crippen molar-refractivity contribution in [3.8, 4) is 0 Å². The molecule has 2 saturated heterocycles. The largest absolute Gasteiger partial charge is 1.00 e. The summed E-state index contributed by atoms with van der Waals surface area (Å²) in [6, 6.07) is 0. The fraction of sp³-hybridized carbons (Fsp3) is 1.00. The van der Waals surface area contributed by atoms with Gasteiger partial charge in [-0.05, 0) is 26.2 Å². The summed E-state index contributed by atoms with van der Waals surface area (Å²) in [4.78, 5) is 2.57. The Morgan fingerprint density at radius 3 is 2.26 bits per heavy atom. The van der Waals surface area contributed by atoms with Gasteiger partial charge in [-0.1, -0.05) is 0 Å². The first-order chi connectivity index (χ1) is 8.35. The molecule has 0 aromatic heterocycles. The third-order valence-electron chi connectivity index (χ3n) is 4.65. The van der Waals surface area contributed by atoms with Gasteiger partial charge in [0.1, 0.15) is 0 Å². The number of rotatable bonds is 5. The van der Waals surface area contributed by atoms with Crippen molar-refractivity contribution >= 4 is 17.0 Å². The highest BCUT2D eigenvalue weighted by Gasteiger charge is 2.27. The van der Waals surface area contributed by atoms with Gasteiger partial charge in [-0.15, -0.1) is 17.0 Å². The van der Waals surface area contributed by atoms with E-state index in [1.165, 1.54) is 62.9 Å². The molecule has 0 atom stereocenters. The van der Waals surface area contributed by atoms with Crippen LogP contribution in [0.3, 0.4) is 0 Å². The van der Waals surface area contributed by atoms with Crippen molar-refractivity contribution in [1.29, 1.82) is 0 Å². The van der Waals surface area contributed by atoms with E-state index in [2.05, 4.69) is 11.8 Å². The van der Waals surface area contributed by atoms with E-state index >= 15 is 0 Å². The van der Waals surface area contributed by atoms with E-state index in [0.717, 1.165) is 26.3 Å². The first kappa shape index (κ1) is 19.8. The summed E-state index contributed by atoms with van der Waals surface area (Å²) in [7, 11) is 0. The predicted molar refractivity (Wildman–Crippen MR) is 81.5 cm³/mol. The van der Waals surface area contributed by atoms with E-state index in [4.69, 9.17) is 4.74 Å². The lowest BCUT2D eigenvalue weighted by atomic mass is 10.1. The lowest BCUT2D eigenvalue weighted by molar-refractivity contribution is -0.931. The van der Waals surface area contributed by atoms with E-state index in [9.17, 15) is 0 Å².